The van der Waals surface area contributed by atoms with Gasteiger partial charge in [0.1, 0.15) is 5.65 Å². The first-order valence-electron chi connectivity index (χ1n) is 8.37. The molecule has 2 aliphatic rings. The minimum absolute atomic E-state index is 0.289. The van der Waals surface area contributed by atoms with E-state index >= 15 is 0 Å². The molecule has 0 saturated carbocycles. The largest absolute Gasteiger partial charge is 0.346 e. The van der Waals surface area contributed by atoms with E-state index in [-0.39, 0.29) is 5.91 Å². The summed E-state index contributed by atoms with van der Waals surface area (Å²) in [5, 5.41) is 1.16. The van der Waals surface area contributed by atoms with Crippen molar-refractivity contribution < 1.29 is 4.79 Å². The van der Waals surface area contributed by atoms with Gasteiger partial charge in [0.05, 0.1) is 0 Å². The minimum atomic E-state index is 0.289. The number of hydrogen-bond donors (Lipinski definition) is 1. The van der Waals surface area contributed by atoms with Crippen LogP contribution in [0, 0.1) is 5.92 Å². The van der Waals surface area contributed by atoms with Gasteiger partial charge in [-0.05, 0) is 42.9 Å². The molecule has 4 nitrogen and oxygen atoms in total. The normalized spacial score (nSPS) is 21.0. The third kappa shape index (κ3) is 2.81. The number of allylic oxidation sites excluding steroid dienone is 2. The Hall–Kier alpha value is -2.36. The molecule has 1 aliphatic heterocycles. The highest BCUT2D eigenvalue weighted by Crippen LogP contribution is 2.29. The highest BCUT2D eigenvalue weighted by molar-refractivity contribution is 5.91. The summed E-state index contributed by atoms with van der Waals surface area (Å²) >= 11 is 0. The Morgan fingerprint density at radius 3 is 3.17 bits per heavy atom. The summed E-state index contributed by atoms with van der Waals surface area (Å²) in [6, 6.07) is 4.06. The molecule has 0 spiro atoms. The molecule has 1 aliphatic carbocycles. The first-order valence-corrected chi connectivity index (χ1v) is 8.37. The molecule has 0 radical (unpaired) electrons. The first kappa shape index (κ1) is 14.2. The van der Waals surface area contributed by atoms with Crippen molar-refractivity contribution in [2.45, 2.75) is 25.7 Å². The number of amides is 1. The van der Waals surface area contributed by atoms with E-state index in [4.69, 9.17) is 0 Å². The van der Waals surface area contributed by atoms with E-state index in [2.05, 4.69) is 34.3 Å². The van der Waals surface area contributed by atoms with Crippen LogP contribution in [0.15, 0.2) is 42.8 Å². The van der Waals surface area contributed by atoms with Crippen LogP contribution in [-0.2, 0) is 4.79 Å². The van der Waals surface area contributed by atoms with E-state index in [1.54, 1.807) is 6.20 Å². The van der Waals surface area contributed by atoms with Gasteiger partial charge in [-0.2, -0.15) is 0 Å². The van der Waals surface area contributed by atoms with Crippen molar-refractivity contribution in [1.29, 1.82) is 0 Å². The number of hydrogen-bond acceptors (Lipinski definition) is 2. The highest BCUT2D eigenvalue weighted by atomic mass is 16.2. The van der Waals surface area contributed by atoms with E-state index < -0.39 is 0 Å². The van der Waals surface area contributed by atoms with Crippen LogP contribution in [0.3, 0.4) is 0 Å². The molecule has 0 unspecified atom stereocenters. The SMILES string of the molecule is O=C(C[C@H]1C=CCC1)N1CC=C(c2c[nH]c3ncccc23)CC1. The predicted octanol–water partition coefficient (Wildman–Crippen LogP) is 3.53. The van der Waals surface area contributed by atoms with Crippen LogP contribution in [0.2, 0.25) is 0 Å². The lowest BCUT2D eigenvalue weighted by atomic mass is 9.98. The maximum absolute atomic E-state index is 12.4. The molecule has 0 aromatic carbocycles. The van der Waals surface area contributed by atoms with Crippen molar-refractivity contribution >= 4 is 22.5 Å². The number of aromatic amines is 1. The summed E-state index contributed by atoms with van der Waals surface area (Å²) in [6.45, 7) is 1.53. The number of aromatic nitrogens is 2. The molecule has 4 heteroatoms. The van der Waals surface area contributed by atoms with Crippen molar-refractivity contribution in [2.24, 2.45) is 5.92 Å². The molecule has 0 saturated heterocycles. The zero-order valence-corrected chi connectivity index (χ0v) is 13.2. The second-order valence-corrected chi connectivity index (χ2v) is 6.39. The number of carbonyl (C=O) groups is 1. The zero-order chi connectivity index (χ0) is 15.6. The van der Waals surface area contributed by atoms with E-state index in [1.807, 2.05) is 17.2 Å². The summed E-state index contributed by atoms with van der Waals surface area (Å²) in [5.41, 5.74) is 3.46. The Kier molecular flexibility index (Phi) is 3.74. The smallest absolute Gasteiger partial charge is 0.223 e. The molecule has 1 N–H and O–H groups in total. The van der Waals surface area contributed by atoms with Crippen LogP contribution in [0.4, 0.5) is 0 Å². The summed E-state index contributed by atoms with van der Waals surface area (Å²) in [4.78, 5) is 22.0. The van der Waals surface area contributed by atoms with Crippen molar-refractivity contribution in [3.8, 4) is 0 Å². The molecule has 4 rings (SSSR count). The summed E-state index contributed by atoms with van der Waals surface area (Å²) in [5.74, 6) is 0.741. The number of fused-ring (bicyclic) bond motifs is 1. The molecule has 3 heterocycles. The predicted molar refractivity (Wildman–Crippen MR) is 91.7 cm³/mol. The Balaban J connectivity index is 1.46. The van der Waals surface area contributed by atoms with Crippen molar-refractivity contribution in [2.75, 3.05) is 13.1 Å². The van der Waals surface area contributed by atoms with Crippen LogP contribution in [0.25, 0.3) is 16.6 Å². The number of H-pyrrole nitrogens is 1. The zero-order valence-electron chi connectivity index (χ0n) is 13.2. The number of pyridine rings is 1. The first-order chi connectivity index (χ1) is 11.3. The van der Waals surface area contributed by atoms with E-state index in [0.717, 1.165) is 43.4 Å². The van der Waals surface area contributed by atoms with Gasteiger partial charge in [-0.3, -0.25) is 4.79 Å². The molecule has 1 atom stereocenters. The Bertz CT molecular complexity index is 787. The molecule has 0 bridgehead atoms. The van der Waals surface area contributed by atoms with Crippen LogP contribution < -0.4 is 0 Å². The Morgan fingerprint density at radius 1 is 1.43 bits per heavy atom. The molecule has 23 heavy (non-hydrogen) atoms. The van der Waals surface area contributed by atoms with Crippen LogP contribution in [0.1, 0.15) is 31.2 Å². The van der Waals surface area contributed by atoms with Crippen molar-refractivity contribution in [3.63, 3.8) is 0 Å². The summed E-state index contributed by atoms with van der Waals surface area (Å²) in [6.07, 6.45) is 14.2. The number of carbonyl (C=O) groups excluding carboxylic acids is 1. The van der Waals surface area contributed by atoms with Crippen molar-refractivity contribution in [1.82, 2.24) is 14.9 Å². The third-order valence-electron chi connectivity index (χ3n) is 4.91. The summed E-state index contributed by atoms with van der Waals surface area (Å²) in [7, 11) is 0. The topological polar surface area (TPSA) is 49.0 Å². The fourth-order valence-electron chi connectivity index (χ4n) is 3.58. The minimum Gasteiger partial charge on any atom is -0.346 e. The van der Waals surface area contributed by atoms with Gasteiger partial charge in [-0.15, -0.1) is 0 Å². The average Bonchev–Trinajstić information content (AvgIpc) is 3.24. The van der Waals surface area contributed by atoms with Gasteiger partial charge < -0.3 is 9.88 Å². The summed E-state index contributed by atoms with van der Waals surface area (Å²) < 4.78 is 0. The van der Waals surface area contributed by atoms with E-state index in [0.29, 0.717) is 12.3 Å². The average molecular weight is 307 g/mol. The van der Waals surface area contributed by atoms with Gasteiger partial charge in [-0.1, -0.05) is 18.2 Å². The van der Waals surface area contributed by atoms with Gasteiger partial charge in [-0.25, -0.2) is 4.98 Å². The molecular weight excluding hydrogens is 286 g/mol. The number of nitrogens with one attached hydrogen (secondary N) is 1. The number of nitrogens with zero attached hydrogens (tertiary/aromatic N) is 2. The molecule has 118 valence electrons. The van der Waals surface area contributed by atoms with Gasteiger partial charge >= 0.3 is 0 Å². The molecule has 2 aromatic heterocycles. The Morgan fingerprint density at radius 2 is 2.39 bits per heavy atom. The lowest BCUT2D eigenvalue weighted by Crippen LogP contribution is -2.35. The monoisotopic (exact) mass is 307 g/mol. The molecular formula is C19H21N3O. The quantitative estimate of drug-likeness (QED) is 0.882. The fourth-order valence-corrected chi connectivity index (χ4v) is 3.58. The fraction of sp³-hybridized carbons (Fsp3) is 0.368. The third-order valence-corrected chi connectivity index (χ3v) is 4.91. The number of rotatable bonds is 3. The van der Waals surface area contributed by atoms with Gasteiger partial charge in [0.25, 0.3) is 0 Å². The second-order valence-electron chi connectivity index (χ2n) is 6.39. The second kappa shape index (κ2) is 6.03. The molecule has 0 fully saturated rings. The maximum atomic E-state index is 12.4. The lowest BCUT2D eigenvalue weighted by Gasteiger charge is -2.27. The highest BCUT2D eigenvalue weighted by Gasteiger charge is 2.22. The molecule has 1 amide bonds. The van der Waals surface area contributed by atoms with Gasteiger partial charge in [0.15, 0.2) is 0 Å². The van der Waals surface area contributed by atoms with Crippen molar-refractivity contribution in [3.05, 3.63) is 48.3 Å². The van der Waals surface area contributed by atoms with Crippen LogP contribution >= 0.6 is 0 Å². The van der Waals surface area contributed by atoms with E-state index in [1.165, 1.54) is 11.1 Å². The Labute approximate surface area is 135 Å². The van der Waals surface area contributed by atoms with E-state index in [9.17, 15) is 4.79 Å². The lowest BCUT2D eigenvalue weighted by molar-refractivity contribution is -0.131. The van der Waals surface area contributed by atoms with Gasteiger partial charge in [0, 0.05) is 42.9 Å². The standard InChI is InChI=1S/C19H21N3O/c23-18(12-14-4-1-2-5-14)22-10-7-15(8-11-22)17-13-21-19-16(17)6-3-9-20-19/h1,3-4,6-7,9,13-14H,2,5,8,10-12H2,(H,20,21)/t14-/m0/s1. The molecule has 2 aromatic rings. The maximum Gasteiger partial charge on any atom is 0.223 e. The van der Waals surface area contributed by atoms with Gasteiger partial charge in [0.2, 0.25) is 5.91 Å². The van der Waals surface area contributed by atoms with Crippen LogP contribution in [0.5, 0.6) is 0 Å². The van der Waals surface area contributed by atoms with Crippen LogP contribution in [-0.4, -0.2) is 33.9 Å².